The Morgan fingerprint density at radius 2 is 2.26 bits per heavy atom. The van der Waals surface area contributed by atoms with Crippen molar-refractivity contribution in [1.29, 1.82) is 0 Å². The number of ether oxygens (including phenoxy) is 1. The van der Waals surface area contributed by atoms with Gasteiger partial charge >= 0.3 is 0 Å². The van der Waals surface area contributed by atoms with Gasteiger partial charge in [0.05, 0.1) is 17.6 Å². The normalized spacial score (nSPS) is 18.3. The van der Waals surface area contributed by atoms with Gasteiger partial charge in [-0.05, 0) is 42.5 Å². The SMILES string of the molecule is NC(=S)C(NC(=O)c1ccc2c(c1)CCO2)C1CC1. The summed E-state index contributed by atoms with van der Waals surface area (Å²) in [5.41, 5.74) is 7.42. The summed E-state index contributed by atoms with van der Waals surface area (Å²) in [6, 6.07) is 5.35. The molecule has 3 rings (SSSR count). The molecular formula is C14H16N2O2S. The summed E-state index contributed by atoms with van der Waals surface area (Å²) in [6.07, 6.45) is 3.03. The minimum atomic E-state index is -0.174. The van der Waals surface area contributed by atoms with Crippen molar-refractivity contribution in [3.8, 4) is 5.75 Å². The number of nitrogens with one attached hydrogen (secondary N) is 1. The predicted molar refractivity (Wildman–Crippen MR) is 76.4 cm³/mol. The Kier molecular flexibility index (Phi) is 3.14. The molecule has 0 bridgehead atoms. The number of fused-ring (bicyclic) bond motifs is 1. The summed E-state index contributed by atoms with van der Waals surface area (Å²) in [5, 5.41) is 2.94. The number of thiocarbonyl (C=S) groups is 1. The third-order valence-electron chi connectivity index (χ3n) is 3.64. The van der Waals surface area contributed by atoms with Gasteiger partial charge in [0.25, 0.3) is 5.91 Å². The predicted octanol–water partition coefficient (Wildman–Crippen LogP) is 1.42. The Labute approximate surface area is 117 Å². The van der Waals surface area contributed by atoms with Crippen LogP contribution in [0.5, 0.6) is 5.75 Å². The highest BCUT2D eigenvalue weighted by Crippen LogP contribution is 2.33. The standard InChI is InChI=1S/C14H16N2O2S/c15-13(19)12(8-1-2-8)16-14(17)10-3-4-11-9(7-10)5-6-18-11/h3-4,7-8,12H,1-2,5-6H2,(H2,15,19)(H,16,17). The Morgan fingerprint density at radius 1 is 1.47 bits per heavy atom. The molecule has 0 radical (unpaired) electrons. The second-order valence-electron chi connectivity index (χ2n) is 5.11. The molecule has 1 aromatic rings. The maximum atomic E-state index is 12.2. The van der Waals surface area contributed by atoms with E-state index in [-0.39, 0.29) is 11.9 Å². The molecule has 1 amide bonds. The zero-order valence-corrected chi connectivity index (χ0v) is 11.3. The number of nitrogens with two attached hydrogens (primary N) is 1. The molecule has 1 aliphatic heterocycles. The Balaban J connectivity index is 1.74. The number of benzene rings is 1. The van der Waals surface area contributed by atoms with Gasteiger partial charge in [-0.3, -0.25) is 4.79 Å². The molecule has 1 aromatic carbocycles. The van der Waals surface area contributed by atoms with Gasteiger partial charge in [-0.1, -0.05) is 12.2 Å². The van der Waals surface area contributed by atoms with Crippen molar-refractivity contribution in [2.24, 2.45) is 11.7 Å². The van der Waals surface area contributed by atoms with Crippen molar-refractivity contribution >= 4 is 23.1 Å². The van der Waals surface area contributed by atoms with E-state index in [1.54, 1.807) is 6.07 Å². The fourth-order valence-corrected chi connectivity index (χ4v) is 2.65. The van der Waals surface area contributed by atoms with Gasteiger partial charge in [-0.25, -0.2) is 0 Å². The average molecular weight is 276 g/mol. The molecule has 0 saturated heterocycles. The van der Waals surface area contributed by atoms with Crippen LogP contribution in [-0.2, 0) is 6.42 Å². The highest BCUT2D eigenvalue weighted by Gasteiger charge is 2.34. The van der Waals surface area contributed by atoms with Crippen molar-refractivity contribution < 1.29 is 9.53 Å². The van der Waals surface area contributed by atoms with E-state index in [1.165, 1.54) is 0 Å². The van der Waals surface area contributed by atoms with Crippen LogP contribution in [0.2, 0.25) is 0 Å². The van der Waals surface area contributed by atoms with E-state index in [9.17, 15) is 4.79 Å². The second-order valence-corrected chi connectivity index (χ2v) is 5.58. The lowest BCUT2D eigenvalue weighted by atomic mass is 10.1. The molecule has 1 fully saturated rings. The molecule has 100 valence electrons. The highest BCUT2D eigenvalue weighted by molar-refractivity contribution is 7.80. The average Bonchev–Trinajstić information content (AvgIpc) is 3.11. The quantitative estimate of drug-likeness (QED) is 0.816. The van der Waals surface area contributed by atoms with E-state index in [2.05, 4.69) is 5.32 Å². The third-order valence-corrected chi connectivity index (χ3v) is 3.89. The lowest BCUT2D eigenvalue weighted by Crippen LogP contribution is -2.45. The van der Waals surface area contributed by atoms with Crippen molar-refractivity contribution in [1.82, 2.24) is 5.32 Å². The van der Waals surface area contributed by atoms with Gasteiger partial charge in [-0.2, -0.15) is 0 Å². The van der Waals surface area contributed by atoms with Gasteiger partial charge in [0.2, 0.25) is 0 Å². The summed E-state index contributed by atoms with van der Waals surface area (Å²) < 4.78 is 5.43. The number of carbonyl (C=O) groups is 1. The molecule has 2 aliphatic rings. The summed E-state index contributed by atoms with van der Waals surface area (Å²) in [7, 11) is 0. The summed E-state index contributed by atoms with van der Waals surface area (Å²) in [4.78, 5) is 12.6. The number of rotatable bonds is 4. The van der Waals surface area contributed by atoms with Crippen molar-refractivity contribution in [2.45, 2.75) is 25.3 Å². The van der Waals surface area contributed by atoms with Gasteiger partial charge in [-0.15, -0.1) is 0 Å². The third kappa shape index (κ3) is 2.56. The Hall–Kier alpha value is -1.62. The van der Waals surface area contributed by atoms with Crippen molar-refractivity contribution in [3.05, 3.63) is 29.3 Å². The smallest absolute Gasteiger partial charge is 0.251 e. The van der Waals surface area contributed by atoms with Crippen LogP contribution in [0.15, 0.2) is 18.2 Å². The molecule has 1 unspecified atom stereocenters. The lowest BCUT2D eigenvalue weighted by Gasteiger charge is -2.16. The molecule has 1 aliphatic carbocycles. The number of hydrogen-bond donors (Lipinski definition) is 2. The molecule has 19 heavy (non-hydrogen) atoms. The zero-order valence-electron chi connectivity index (χ0n) is 10.5. The maximum absolute atomic E-state index is 12.2. The number of hydrogen-bond acceptors (Lipinski definition) is 3. The van der Waals surface area contributed by atoms with Crippen LogP contribution < -0.4 is 15.8 Å². The molecule has 5 heteroatoms. The molecule has 4 nitrogen and oxygen atoms in total. The van der Waals surface area contributed by atoms with E-state index < -0.39 is 0 Å². The van der Waals surface area contributed by atoms with Crippen LogP contribution >= 0.6 is 12.2 Å². The first kappa shape index (κ1) is 12.4. The van der Waals surface area contributed by atoms with Crippen LogP contribution in [0.25, 0.3) is 0 Å². The van der Waals surface area contributed by atoms with Gasteiger partial charge in [0.15, 0.2) is 0 Å². The second kappa shape index (κ2) is 4.81. The fourth-order valence-electron chi connectivity index (χ4n) is 2.40. The molecule has 0 spiro atoms. The summed E-state index contributed by atoms with van der Waals surface area (Å²) >= 11 is 5.02. The number of amides is 1. The minimum Gasteiger partial charge on any atom is -0.493 e. The topological polar surface area (TPSA) is 64.3 Å². The van der Waals surface area contributed by atoms with Crippen LogP contribution in [0.4, 0.5) is 0 Å². The summed E-state index contributed by atoms with van der Waals surface area (Å²) in [6.45, 7) is 0.692. The summed E-state index contributed by atoms with van der Waals surface area (Å²) in [5.74, 6) is 1.18. The van der Waals surface area contributed by atoms with Crippen LogP contribution in [0.3, 0.4) is 0 Å². The first-order valence-corrected chi connectivity index (χ1v) is 6.92. The monoisotopic (exact) mass is 276 g/mol. The molecule has 0 aromatic heterocycles. The fraction of sp³-hybridized carbons (Fsp3) is 0.429. The maximum Gasteiger partial charge on any atom is 0.251 e. The van der Waals surface area contributed by atoms with E-state index >= 15 is 0 Å². The number of carbonyl (C=O) groups excluding carboxylic acids is 1. The Morgan fingerprint density at radius 3 is 2.95 bits per heavy atom. The van der Waals surface area contributed by atoms with E-state index in [4.69, 9.17) is 22.7 Å². The van der Waals surface area contributed by atoms with Gasteiger partial charge < -0.3 is 15.8 Å². The lowest BCUT2D eigenvalue weighted by molar-refractivity contribution is 0.0943. The molecule has 1 atom stereocenters. The molecule has 1 saturated carbocycles. The van der Waals surface area contributed by atoms with Crippen LogP contribution in [0.1, 0.15) is 28.8 Å². The molecular weight excluding hydrogens is 260 g/mol. The largest absolute Gasteiger partial charge is 0.493 e. The van der Waals surface area contributed by atoms with E-state index in [1.807, 2.05) is 12.1 Å². The molecule has 1 heterocycles. The highest BCUT2D eigenvalue weighted by atomic mass is 32.1. The van der Waals surface area contributed by atoms with Gasteiger partial charge in [0.1, 0.15) is 5.75 Å². The molecule has 3 N–H and O–H groups in total. The zero-order chi connectivity index (χ0) is 13.4. The minimum absolute atomic E-state index is 0.112. The van der Waals surface area contributed by atoms with Crippen molar-refractivity contribution in [2.75, 3.05) is 6.61 Å². The van der Waals surface area contributed by atoms with Gasteiger partial charge in [0, 0.05) is 12.0 Å². The van der Waals surface area contributed by atoms with E-state index in [0.29, 0.717) is 23.1 Å². The van der Waals surface area contributed by atoms with Crippen molar-refractivity contribution in [3.63, 3.8) is 0 Å². The Bertz CT molecular complexity index is 540. The van der Waals surface area contributed by atoms with Crippen LogP contribution in [0, 0.1) is 5.92 Å². The first-order valence-electron chi connectivity index (χ1n) is 6.51. The van der Waals surface area contributed by atoms with E-state index in [0.717, 1.165) is 30.6 Å². The van der Waals surface area contributed by atoms with Crippen LogP contribution in [-0.4, -0.2) is 23.5 Å². The first-order chi connectivity index (χ1) is 9.15.